The molecular weight excluding hydrogens is 258 g/mol. The summed E-state index contributed by atoms with van der Waals surface area (Å²) < 4.78 is 0. The Labute approximate surface area is 85.7 Å². The highest BCUT2D eigenvalue weighted by atomic mass is 79.9. The Bertz CT molecular complexity index is 356. The maximum absolute atomic E-state index is 10.5. The van der Waals surface area contributed by atoms with Gasteiger partial charge in [-0.25, -0.2) is 0 Å². The van der Waals surface area contributed by atoms with Crippen LogP contribution in [-0.4, -0.2) is 11.2 Å². The topological polar surface area (TPSA) is 60.2 Å². The third-order valence-corrected chi connectivity index (χ3v) is 3.00. The van der Waals surface area contributed by atoms with Crippen LogP contribution in [0.25, 0.3) is 0 Å². The number of benzene rings is 1. The van der Waals surface area contributed by atoms with Gasteiger partial charge in [0.25, 0.3) is 5.69 Å². The number of nitro benzene ring substituents is 1. The van der Waals surface area contributed by atoms with Gasteiger partial charge in [-0.05, 0) is 31.1 Å². The number of non-ortho nitro benzene ring substituents is 1. The Kier molecular flexibility index (Phi) is 3.44. The number of carbonyl (C=O) groups is 1. The molecular formula is C7H4BrNO3S. The molecule has 4 nitrogen and oxygen atoms in total. The van der Waals surface area contributed by atoms with Crippen molar-refractivity contribution in [1.29, 1.82) is 0 Å². The number of rotatable bonds is 3. The smallest absolute Gasteiger partial charge is 0.270 e. The molecule has 0 spiro atoms. The maximum atomic E-state index is 10.5. The lowest BCUT2D eigenvalue weighted by atomic mass is 10.2. The molecule has 1 aromatic rings. The second kappa shape index (κ2) is 4.38. The average Bonchev–Trinajstić information content (AvgIpc) is 2.16. The third kappa shape index (κ3) is 2.28. The Morgan fingerprint density at radius 3 is 2.69 bits per heavy atom. The van der Waals surface area contributed by atoms with Crippen molar-refractivity contribution in [3.63, 3.8) is 0 Å². The van der Waals surface area contributed by atoms with Crippen molar-refractivity contribution in [2.75, 3.05) is 0 Å². The van der Waals surface area contributed by atoms with Gasteiger partial charge in [0.05, 0.1) is 4.92 Å². The second-order valence-electron chi connectivity index (χ2n) is 2.17. The summed E-state index contributed by atoms with van der Waals surface area (Å²) in [5, 5.41) is 10.3. The van der Waals surface area contributed by atoms with Crippen LogP contribution in [0.15, 0.2) is 23.1 Å². The van der Waals surface area contributed by atoms with Crippen molar-refractivity contribution in [2.45, 2.75) is 4.90 Å². The molecule has 0 heterocycles. The molecule has 68 valence electrons. The van der Waals surface area contributed by atoms with E-state index in [1.54, 1.807) is 0 Å². The fourth-order valence-corrected chi connectivity index (χ4v) is 2.01. The van der Waals surface area contributed by atoms with E-state index in [-0.39, 0.29) is 5.69 Å². The van der Waals surface area contributed by atoms with Crippen molar-refractivity contribution in [3.05, 3.63) is 33.9 Å². The van der Waals surface area contributed by atoms with E-state index in [4.69, 9.17) is 0 Å². The lowest BCUT2D eigenvalue weighted by molar-refractivity contribution is -0.384. The Hall–Kier alpha value is -0.880. The molecule has 0 N–H and O–H groups in total. The van der Waals surface area contributed by atoms with Gasteiger partial charge in [0, 0.05) is 22.6 Å². The SMILES string of the molecule is O=Cc1cc([N+](=O)[O-])ccc1SBr. The van der Waals surface area contributed by atoms with E-state index in [1.807, 2.05) is 0 Å². The first-order chi connectivity index (χ1) is 6.19. The number of carbonyl (C=O) groups excluding carboxylic acids is 1. The summed E-state index contributed by atoms with van der Waals surface area (Å²) in [7, 11) is 1.20. The largest absolute Gasteiger partial charge is 0.298 e. The van der Waals surface area contributed by atoms with Crippen LogP contribution in [0.4, 0.5) is 5.69 Å². The van der Waals surface area contributed by atoms with E-state index < -0.39 is 4.92 Å². The number of hydrogen-bond donors (Lipinski definition) is 0. The van der Waals surface area contributed by atoms with Gasteiger partial charge in [0.1, 0.15) is 0 Å². The maximum Gasteiger partial charge on any atom is 0.270 e. The molecule has 0 saturated carbocycles. The molecule has 1 rings (SSSR count). The molecule has 0 aliphatic heterocycles. The van der Waals surface area contributed by atoms with Crippen LogP contribution < -0.4 is 0 Å². The average molecular weight is 262 g/mol. The molecule has 0 aliphatic carbocycles. The lowest BCUT2D eigenvalue weighted by Crippen LogP contribution is -1.90. The van der Waals surface area contributed by atoms with E-state index in [0.717, 1.165) is 0 Å². The lowest BCUT2D eigenvalue weighted by Gasteiger charge is -1.98. The Morgan fingerprint density at radius 1 is 1.54 bits per heavy atom. The molecule has 0 bridgehead atoms. The number of hydrogen-bond acceptors (Lipinski definition) is 4. The molecule has 1 aromatic carbocycles. The minimum absolute atomic E-state index is 0.0765. The van der Waals surface area contributed by atoms with Crippen LogP contribution in [0.5, 0.6) is 0 Å². The first-order valence-corrected chi connectivity index (χ1v) is 5.87. The first kappa shape index (κ1) is 10.2. The number of nitro groups is 1. The summed E-state index contributed by atoms with van der Waals surface area (Å²) in [6.45, 7) is 0. The van der Waals surface area contributed by atoms with Gasteiger partial charge in [-0.15, -0.1) is 0 Å². The van der Waals surface area contributed by atoms with Crippen molar-refractivity contribution in [2.24, 2.45) is 0 Å². The molecule has 0 fully saturated rings. The minimum atomic E-state index is -0.532. The van der Waals surface area contributed by atoms with E-state index in [0.29, 0.717) is 16.7 Å². The van der Waals surface area contributed by atoms with E-state index in [2.05, 4.69) is 14.8 Å². The number of aldehydes is 1. The zero-order chi connectivity index (χ0) is 9.84. The summed E-state index contributed by atoms with van der Waals surface area (Å²) in [6.07, 6.45) is 0.594. The highest BCUT2D eigenvalue weighted by Crippen LogP contribution is 2.29. The van der Waals surface area contributed by atoms with Gasteiger partial charge < -0.3 is 0 Å². The minimum Gasteiger partial charge on any atom is -0.298 e. The summed E-state index contributed by atoms with van der Waals surface area (Å²) in [6, 6.07) is 4.13. The van der Waals surface area contributed by atoms with Crippen LogP contribution in [0.3, 0.4) is 0 Å². The van der Waals surface area contributed by atoms with Crippen LogP contribution >= 0.6 is 25.0 Å². The van der Waals surface area contributed by atoms with Crippen molar-refractivity contribution in [1.82, 2.24) is 0 Å². The van der Waals surface area contributed by atoms with Gasteiger partial charge in [0.2, 0.25) is 0 Å². The Balaban J connectivity index is 3.20. The molecule has 0 aliphatic rings. The highest BCUT2D eigenvalue weighted by Gasteiger charge is 2.09. The van der Waals surface area contributed by atoms with Crippen LogP contribution in [0, 0.1) is 10.1 Å². The normalized spacial score (nSPS) is 9.62. The summed E-state index contributed by atoms with van der Waals surface area (Å²) in [5.41, 5.74) is 0.239. The van der Waals surface area contributed by atoms with E-state index in [1.165, 1.54) is 28.4 Å². The van der Waals surface area contributed by atoms with Crippen LogP contribution in [0.1, 0.15) is 10.4 Å². The molecule has 0 unspecified atom stereocenters. The number of halogens is 1. The van der Waals surface area contributed by atoms with Crippen molar-refractivity contribution < 1.29 is 9.72 Å². The van der Waals surface area contributed by atoms with Crippen LogP contribution in [-0.2, 0) is 0 Å². The summed E-state index contributed by atoms with van der Waals surface area (Å²) >= 11 is 3.10. The van der Waals surface area contributed by atoms with Gasteiger partial charge in [-0.1, -0.05) is 0 Å². The molecule has 6 heteroatoms. The predicted octanol–water partition coefficient (Wildman–Crippen LogP) is 2.81. The standard InChI is InChI=1S/C7H4BrNO3S/c8-13-7-2-1-6(9(11)12)3-5(7)4-10/h1-4H. The van der Waals surface area contributed by atoms with Crippen LogP contribution in [0.2, 0.25) is 0 Å². The fourth-order valence-electron chi connectivity index (χ4n) is 0.812. The molecule has 0 amide bonds. The monoisotopic (exact) mass is 261 g/mol. The fraction of sp³-hybridized carbons (Fsp3) is 0. The third-order valence-electron chi connectivity index (χ3n) is 1.41. The van der Waals surface area contributed by atoms with Gasteiger partial charge in [-0.2, -0.15) is 0 Å². The second-order valence-corrected chi connectivity index (χ2v) is 3.74. The summed E-state index contributed by atoms with van der Waals surface area (Å²) in [5.74, 6) is 0. The molecule has 0 atom stereocenters. The Morgan fingerprint density at radius 2 is 2.23 bits per heavy atom. The van der Waals surface area contributed by atoms with Gasteiger partial charge in [-0.3, -0.25) is 14.9 Å². The zero-order valence-corrected chi connectivity index (χ0v) is 8.67. The van der Waals surface area contributed by atoms with Crippen molar-refractivity contribution in [3.8, 4) is 0 Å². The van der Waals surface area contributed by atoms with E-state index in [9.17, 15) is 14.9 Å². The molecule has 0 radical (unpaired) electrons. The van der Waals surface area contributed by atoms with Gasteiger partial charge in [0.15, 0.2) is 6.29 Å². The highest BCUT2D eigenvalue weighted by molar-refractivity contribution is 9.50. The van der Waals surface area contributed by atoms with Crippen molar-refractivity contribution >= 4 is 37.0 Å². The quantitative estimate of drug-likeness (QED) is 0.477. The predicted molar refractivity (Wildman–Crippen MR) is 53.3 cm³/mol. The molecule has 13 heavy (non-hydrogen) atoms. The zero-order valence-electron chi connectivity index (χ0n) is 6.27. The van der Waals surface area contributed by atoms with Gasteiger partial charge >= 0.3 is 0 Å². The summed E-state index contributed by atoms with van der Waals surface area (Å²) in [4.78, 5) is 21.0. The molecule has 0 saturated heterocycles. The first-order valence-electron chi connectivity index (χ1n) is 3.21. The van der Waals surface area contributed by atoms with E-state index >= 15 is 0 Å². The molecule has 0 aromatic heterocycles. The number of nitrogens with zero attached hydrogens (tertiary/aromatic N) is 1.